The molecule has 4 aliphatic carbocycles. The summed E-state index contributed by atoms with van der Waals surface area (Å²) >= 11 is 0. The topological polar surface area (TPSA) is 46.3 Å². The van der Waals surface area contributed by atoms with Crippen molar-refractivity contribution >= 4 is 6.08 Å². The number of aliphatic hydroxyl groups is 1. The van der Waals surface area contributed by atoms with Crippen LogP contribution in [0.3, 0.4) is 0 Å². The molecular formula is C22H27NO2. The van der Waals surface area contributed by atoms with Gasteiger partial charge < -0.3 is 9.63 Å². The van der Waals surface area contributed by atoms with Crippen LogP contribution in [0.4, 0.5) is 0 Å². The molecule has 3 fully saturated rings. The van der Waals surface area contributed by atoms with E-state index in [2.05, 4.69) is 31.0 Å². The smallest absolute Gasteiger partial charge is 0.162 e. The zero-order chi connectivity index (χ0) is 17.4. The van der Waals surface area contributed by atoms with Gasteiger partial charge in [0.15, 0.2) is 5.76 Å². The van der Waals surface area contributed by atoms with Gasteiger partial charge in [0, 0.05) is 11.0 Å². The number of terminal acetylenes is 1. The van der Waals surface area contributed by atoms with Crippen molar-refractivity contribution in [3.63, 3.8) is 0 Å². The van der Waals surface area contributed by atoms with Gasteiger partial charge in [-0.3, -0.25) is 0 Å². The van der Waals surface area contributed by atoms with E-state index in [0.29, 0.717) is 17.8 Å². The molecule has 0 amide bonds. The van der Waals surface area contributed by atoms with Crippen LogP contribution in [0.25, 0.3) is 6.08 Å². The summed E-state index contributed by atoms with van der Waals surface area (Å²) in [6, 6.07) is 0. The van der Waals surface area contributed by atoms with Gasteiger partial charge in [-0.05, 0) is 74.2 Å². The molecule has 0 aromatic carbocycles. The second kappa shape index (κ2) is 4.80. The predicted molar refractivity (Wildman–Crippen MR) is 96.4 cm³/mol. The fourth-order valence-corrected chi connectivity index (χ4v) is 7.14. The minimum absolute atomic E-state index is 0.114. The SMILES string of the molecule is C#C[C@@]1(O)CC[C@@H]2[C@H]3CCC4=Cc5oncc5CC4(C)[C@@H]3CCC21C. The van der Waals surface area contributed by atoms with Gasteiger partial charge >= 0.3 is 0 Å². The Morgan fingerprint density at radius 1 is 1.24 bits per heavy atom. The highest BCUT2D eigenvalue weighted by molar-refractivity contribution is 5.57. The summed E-state index contributed by atoms with van der Waals surface area (Å²) in [4.78, 5) is 0. The molecule has 1 aromatic rings. The normalized spacial score (nSPS) is 47.8. The second-order valence-corrected chi connectivity index (χ2v) is 9.39. The quantitative estimate of drug-likeness (QED) is 0.721. The van der Waals surface area contributed by atoms with E-state index in [1.165, 1.54) is 12.0 Å². The fourth-order valence-electron chi connectivity index (χ4n) is 7.14. The van der Waals surface area contributed by atoms with E-state index in [0.717, 1.165) is 44.3 Å². The van der Waals surface area contributed by atoms with E-state index in [1.807, 2.05) is 6.20 Å². The number of rotatable bonds is 0. The summed E-state index contributed by atoms with van der Waals surface area (Å²) in [5.41, 5.74) is 1.99. The lowest BCUT2D eigenvalue weighted by Gasteiger charge is -2.58. The van der Waals surface area contributed by atoms with Gasteiger partial charge in [-0.1, -0.05) is 30.5 Å². The van der Waals surface area contributed by atoms with E-state index < -0.39 is 5.60 Å². The van der Waals surface area contributed by atoms with Crippen molar-refractivity contribution in [3.05, 3.63) is 23.1 Å². The number of aromatic nitrogens is 1. The zero-order valence-corrected chi connectivity index (χ0v) is 15.2. The van der Waals surface area contributed by atoms with Crippen LogP contribution in [0.15, 0.2) is 16.3 Å². The lowest BCUT2D eigenvalue weighted by molar-refractivity contribution is -0.0975. The van der Waals surface area contributed by atoms with Crippen molar-refractivity contribution < 1.29 is 9.63 Å². The molecule has 0 aliphatic heterocycles. The lowest BCUT2D eigenvalue weighted by atomic mass is 9.46. The predicted octanol–water partition coefficient (Wildman–Crippen LogP) is 4.22. The molecule has 0 spiro atoms. The van der Waals surface area contributed by atoms with E-state index in [9.17, 15) is 5.11 Å². The highest BCUT2D eigenvalue weighted by Crippen LogP contribution is 2.67. The Balaban J connectivity index is 1.53. The molecule has 132 valence electrons. The van der Waals surface area contributed by atoms with Gasteiger partial charge in [0.25, 0.3) is 0 Å². The Bertz CT molecular complexity index is 801. The molecule has 25 heavy (non-hydrogen) atoms. The van der Waals surface area contributed by atoms with Crippen molar-refractivity contribution in [2.45, 2.75) is 64.4 Å². The first-order chi connectivity index (χ1) is 11.9. The first-order valence-electron chi connectivity index (χ1n) is 9.76. The number of hydrogen-bond acceptors (Lipinski definition) is 3. The molecule has 5 rings (SSSR count). The highest BCUT2D eigenvalue weighted by atomic mass is 16.5. The number of fused-ring (bicyclic) bond motifs is 6. The third-order valence-corrected chi connectivity index (χ3v) is 8.67. The van der Waals surface area contributed by atoms with Crippen molar-refractivity contribution in [1.82, 2.24) is 5.16 Å². The summed E-state index contributed by atoms with van der Waals surface area (Å²) in [5.74, 6) is 5.64. The highest BCUT2D eigenvalue weighted by Gasteiger charge is 2.63. The van der Waals surface area contributed by atoms with Gasteiger partial charge in [-0.15, -0.1) is 6.42 Å². The average molecular weight is 337 g/mol. The largest absolute Gasteiger partial charge is 0.377 e. The van der Waals surface area contributed by atoms with Crippen LogP contribution in [-0.4, -0.2) is 15.9 Å². The first kappa shape index (κ1) is 15.7. The maximum absolute atomic E-state index is 11.1. The number of nitrogens with zero attached hydrogens (tertiary/aromatic N) is 1. The fraction of sp³-hybridized carbons (Fsp3) is 0.682. The minimum Gasteiger partial charge on any atom is -0.377 e. The Morgan fingerprint density at radius 2 is 2.04 bits per heavy atom. The van der Waals surface area contributed by atoms with Crippen LogP contribution in [0.5, 0.6) is 0 Å². The molecule has 1 heterocycles. The van der Waals surface area contributed by atoms with Crippen LogP contribution in [0.2, 0.25) is 0 Å². The molecule has 6 atom stereocenters. The van der Waals surface area contributed by atoms with Gasteiger partial charge in [-0.2, -0.15) is 0 Å². The van der Waals surface area contributed by atoms with Crippen LogP contribution < -0.4 is 0 Å². The number of allylic oxidation sites excluding steroid dienone is 1. The minimum atomic E-state index is -0.909. The van der Waals surface area contributed by atoms with Gasteiger partial charge in [0.05, 0.1) is 6.20 Å². The summed E-state index contributed by atoms with van der Waals surface area (Å²) in [7, 11) is 0. The molecule has 3 heteroatoms. The summed E-state index contributed by atoms with van der Waals surface area (Å²) < 4.78 is 5.43. The third-order valence-electron chi connectivity index (χ3n) is 8.67. The molecule has 3 saturated carbocycles. The molecule has 0 bridgehead atoms. The maximum Gasteiger partial charge on any atom is 0.162 e. The zero-order valence-electron chi connectivity index (χ0n) is 15.2. The molecule has 0 saturated heterocycles. The monoisotopic (exact) mass is 337 g/mol. The average Bonchev–Trinajstić information content (AvgIpc) is 3.14. The van der Waals surface area contributed by atoms with Crippen molar-refractivity contribution in [2.75, 3.05) is 0 Å². The Hall–Kier alpha value is -1.53. The third kappa shape index (κ3) is 1.79. The van der Waals surface area contributed by atoms with Crippen molar-refractivity contribution in [2.24, 2.45) is 28.6 Å². The van der Waals surface area contributed by atoms with Crippen molar-refractivity contribution in [3.8, 4) is 12.3 Å². The summed E-state index contributed by atoms with van der Waals surface area (Å²) in [6.07, 6.45) is 17.4. The molecule has 0 radical (unpaired) electrons. The maximum atomic E-state index is 11.1. The summed E-state index contributed by atoms with van der Waals surface area (Å²) in [6.45, 7) is 4.71. The Labute approximate surface area is 149 Å². The van der Waals surface area contributed by atoms with Crippen LogP contribution in [0, 0.1) is 40.9 Å². The van der Waals surface area contributed by atoms with E-state index in [4.69, 9.17) is 10.9 Å². The standard InChI is InChI=1S/C22H27NO2/c1-4-22(24)10-8-18-16-6-5-15-11-19-14(13-23-25-19)12-20(15,2)17(16)7-9-21(18,22)3/h1,11,13,16-18,24H,5-10,12H2,2-3H3/t16-,17+,18+,20?,21?,22+/m0/s1. The lowest BCUT2D eigenvalue weighted by Crippen LogP contribution is -2.54. The Kier molecular flexibility index (Phi) is 3.01. The molecule has 1 N–H and O–H groups in total. The van der Waals surface area contributed by atoms with Crippen molar-refractivity contribution in [1.29, 1.82) is 0 Å². The molecular weight excluding hydrogens is 310 g/mol. The molecule has 2 unspecified atom stereocenters. The second-order valence-electron chi connectivity index (χ2n) is 9.39. The molecule has 4 aliphatic rings. The van der Waals surface area contributed by atoms with Crippen LogP contribution >= 0.6 is 0 Å². The van der Waals surface area contributed by atoms with Crippen LogP contribution in [0.1, 0.15) is 63.7 Å². The summed E-state index contributed by atoms with van der Waals surface area (Å²) in [5, 5.41) is 15.1. The van der Waals surface area contributed by atoms with Crippen LogP contribution in [-0.2, 0) is 6.42 Å². The van der Waals surface area contributed by atoms with E-state index in [-0.39, 0.29) is 10.8 Å². The Morgan fingerprint density at radius 3 is 2.84 bits per heavy atom. The first-order valence-corrected chi connectivity index (χ1v) is 9.76. The molecule has 3 nitrogen and oxygen atoms in total. The van der Waals surface area contributed by atoms with Gasteiger partial charge in [0.2, 0.25) is 0 Å². The van der Waals surface area contributed by atoms with Gasteiger partial charge in [0.1, 0.15) is 5.60 Å². The van der Waals surface area contributed by atoms with E-state index >= 15 is 0 Å². The number of hydrogen-bond donors (Lipinski definition) is 1. The van der Waals surface area contributed by atoms with E-state index in [1.54, 1.807) is 5.57 Å². The molecule has 1 aromatic heterocycles. The van der Waals surface area contributed by atoms with Gasteiger partial charge in [-0.25, -0.2) is 0 Å².